The molecule has 0 amide bonds. The van der Waals surface area contributed by atoms with E-state index in [-0.39, 0.29) is 19.6 Å². The second-order valence-corrected chi connectivity index (χ2v) is 21.1. The number of carbonyl (C=O) groups excluding carboxylic acids is 1. The summed E-state index contributed by atoms with van der Waals surface area (Å²) < 4.78 is 34.4. The number of allylic oxidation sites excluding steroid dienone is 16. The molecule has 2 aliphatic rings. The van der Waals surface area contributed by atoms with Crippen molar-refractivity contribution in [3.8, 4) is 0 Å². The van der Waals surface area contributed by atoms with E-state index in [4.69, 9.17) is 28.4 Å². The summed E-state index contributed by atoms with van der Waals surface area (Å²) in [5.74, 6) is -0.390. The van der Waals surface area contributed by atoms with E-state index in [9.17, 15) is 40.5 Å². The number of rotatable bonds is 49. The molecular weight excluding hydrogens is 1000 g/mol. The zero-order valence-electron chi connectivity index (χ0n) is 48.8. The maximum Gasteiger partial charge on any atom is 0.306 e. The largest absolute Gasteiger partial charge is 0.457 e. The van der Waals surface area contributed by atoms with Crippen LogP contribution in [-0.2, 0) is 33.2 Å². The average Bonchev–Trinajstić information content (AvgIpc) is 3.46. The van der Waals surface area contributed by atoms with Crippen molar-refractivity contribution in [1.82, 2.24) is 0 Å². The fourth-order valence-electron chi connectivity index (χ4n) is 9.14. The highest BCUT2D eigenvalue weighted by Gasteiger charge is 2.47. The van der Waals surface area contributed by atoms with E-state index < -0.39 is 86.7 Å². The lowest BCUT2D eigenvalue weighted by molar-refractivity contribution is -0.332. The molecular formula is C65H110O14. The molecule has 0 aromatic rings. The summed E-state index contributed by atoms with van der Waals surface area (Å²) in [5.41, 5.74) is 0. The second kappa shape index (κ2) is 50.6. The first-order valence-corrected chi connectivity index (χ1v) is 30.8. The van der Waals surface area contributed by atoms with Gasteiger partial charge in [-0.3, -0.25) is 4.79 Å². The molecule has 0 aliphatic carbocycles. The summed E-state index contributed by atoms with van der Waals surface area (Å²) in [6.45, 7) is 3.51. The Morgan fingerprint density at radius 2 is 0.823 bits per heavy atom. The van der Waals surface area contributed by atoms with Crippen LogP contribution in [0, 0.1) is 0 Å². The minimum Gasteiger partial charge on any atom is -0.457 e. The highest BCUT2D eigenvalue weighted by molar-refractivity contribution is 5.69. The normalized spacial score (nSPS) is 24.7. The molecule has 7 N–H and O–H groups in total. The predicted octanol–water partition coefficient (Wildman–Crippen LogP) is 11.7. The average molecular weight is 1120 g/mol. The van der Waals surface area contributed by atoms with Gasteiger partial charge >= 0.3 is 5.97 Å². The molecule has 2 heterocycles. The van der Waals surface area contributed by atoms with Gasteiger partial charge in [0.25, 0.3) is 0 Å². The van der Waals surface area contributed by atoms with E-state index >= 15 is 0 Å². The first kappa shape index (κ1) is 72.0. The number of aliphatic hydroxyl groups excluding tert-OH is 7. The molecule has 0 radical (unpaired) electrons. The number of hydrogen-bond donors (Lipinski definition) is 7. The minimum absolute atomic E-state index is 0.0407. The van der Waals surface area contributed by atoms with E-state index in [1.54, 1.807) is 0 Å². The SMILES string of the molecule is CC/C=C\C/C=C\C/C=C\C/C=C\C/C=C\C/C=C\CCCCCCCOCC(COC1OC(COC2OC(CO)C(O)C(O)C2O)C(O)C(O)C1O)OC(=O)CCCCCCCCCCC/C=C\C/C=C\CCCCCCC. The monoisotopic (exact) mass is 1110 g/mol. The van der Waals surface area contributed by atoms with Crippen LogP contribution in [0.15, 0.2) is 97.2 Å². The van der Waals surface area contributed by atoms with Gasteiger partial charge < -0.3 is 64.2 Å². The zero-order chi connectivity index (χ0) is 57.2. The molecule has 2 aliphatic heterocycles. The maximum absolute atomic E-state index is 13.1. The molecule has 14 nitrogen and oxygen atoms in total. The van der Waals surface area contributed by atoms with Gasteiger partial charge in [-0.25, -0.2) is 0 Å². The lowest BCUT2D eigenvalue weighted by Gasteiger charge is -2.42. The highest BCUT2D eigenvalue weighted by atomic mass is 16.7. The lowest BCUT2D eigenvalue weighted by atomic mass is 9.98. The van der Waals surface area contributed by atoms with E-state index in [0.29, 0.717) is 13.0 Å². The minimum atomic E-state index is -1.72. The number of hydrogen-bond acceptors (Lipinski definition) is 14. The molecule has 2 fully saturated rings. The van der Waals surface area contributed by atoms with Crippen molar-refractivity contribution >= 4 is 5.97 Å². The van der Waals surface area contributed by atoms with Crippen LogP contribution < -0.4 is 0 Å². The number of aliphatic hydroxyl groups is 7. The zero-order valence-corrected chi connectivity index (χ0v) is 48.8. The van der Waals surface area contributed by atoms with Gasteiger partial charge in [0.15, 0.2) is 12.6 Å². The van der Waals surface area contributed by atoms with Gasteiger partial charge in [-0.2, -0.15) is 0 Å². The summed E-state index contributed by atoms with van der Waals surface area (Å²) in [7, 11) is 0. The summed E-state index contributed by atoms with van der Waals surface area (Å²) in [6, 6.07) is 0. The molecule has 0 aromatic carbocycles. The summed E-state index contributed by atoms with van der Waals surface area (Å²) >= 11 is 0. The van der Waals surface area contributed by atoms with Gasteiger partial charge in [0.05, 0.1) is 26.4 Å². The Morgan fingerprint density at radius 1 is 0.430 bits per heavy atom. The van der Waals surface area contributed by atoms with Crippen molar-refractivity contribution in [2.24, 2.45) is 0 Å². The van der Waals surface area contributed by atoms with E-state index in [1.807, 2.05) is 0 Å². The Labute approximate surface area is 477 Å². The van der Waals surface area contributed by atoms with Gasteiger partial charge in [0, 0.05) is 13.0 Å². The van der Waals surface area contributed by atoms with Crippen LogP contribution >= 0.6 is 0 Å². The standard InChI is InChI=1S/C65H110O14/c1-3-5-7-9-11-13-15-17-19-21-23-25-26-27-29-31-33-35-37-39-41-43-45-47-49-74-51-54(52-75-64-63(73)61(71)59(69)56(79-64)53-76-65-62(72)60(70)58(68)55(50-66)78-65)77-57(67)48-46-44-42-40-38-36-34-32-30-28-24-22-20-18-16-14-12-10-8-6-4-2/h5,7,11,13,16-19,22-25,27,29,33,35,54-56,58-66,68-73H,3-4,6,8-10,12,14-15,20-21,26,28,30-32,34,36-53H2,1-2H3/b7-5-,13-11-,18-16-,19-17-,24-22-,25-23-,29-27-,35-33-. The quantitative estimate of drug-likeness (QED) is 0.0172. The van der Waals surface area contributed by atoms with Crippen LogP contribution in [0.2, 0.25) is 0 Å². The Bertz CT molecular complexity index is 1670. The van der Waals surface area contributed by atoms with E-state index in [1.165, 1.54) is 70.6 Å². The number of unbranched alkanes of at least 4 members (excludes halogenated alkanes) is 19. The third-order valence-corrected chi connectivity index (χ3v) is 14.1. The number of carbonyl (C=O) groups is 1. The predicted molar refractivity (Wildman–Crippen MR) is 316 cm³/mol. The van der Waals surface area contributed by atoms with Crippen molar-refractivity contribution in [3.05, 3.63) is 97.2 Å². The van der Waals surface area contributed by atoms with Gasteiger partial charge in [-0.05, 0) is 96.3 Å². The Morgan fingerprint density at radius 3 is 1.29 bits per heavy atom. The van der Waals surface area contributed by atoms with Crippen LogP contribution in [0.3, 0.4) is 0 Å². The fourth-order valence-corrected chi connectivity index (χ4v) is 9.14. The van der Waals surface area contributed by atoms with Crippen LogP contribution in [0.4, 0.5) is 0 Å². The van der Waals surface area contributed by atoms with Crippen molar-refractivity contribution in [2.75, 3.05) is 33.0 Å². The Kier molecular flexibility index (Phi) is 46.1. The molecule has 0 bridgehead atoms. The number of ether oxygens (including phenoxy) is 6. The molecule has 0 spiro atoms. The van der Waals surface area contributed by atoms with E-state index in [2.05, 4.69) is 111 Å². The maximum atomic E-state index is 13.1. The van der Waals surface area contributed by atoms with Crippen molar-refractivity contribution in [1.29, 1.82) is 0 Å². The van der Waals surface area contributed by atoms with Crippen LogP contribution in [0.1, 0.15) is 206 Å². The van der Waals surface area contributed by atoms with Crippen molar-refractivity contribution in [3.63, 3.8) is 0 Å². The van der Waals surface area contributed by atoms with Crippen LogP contribution in [-0.4, -0.2) is 142 Å². The molecule has 0 saturated carbocycles. The first-order valence-electron chi connectivity index (χ1n) is 30.8. The first-order chi connectivity index (χ1) is 38.6. The van der Waals surface area contributed by atoms with Gasteiger partial charge in [0.1, 0.15) is 54.9 Å². The van der Waals surface area contributed by atoms with Crippen LogP contribution in [0.25, 0.3) is 0 Å². The fraction of sp³-hybridized carbons (Fsp3) is 0.738. The van der Waals surface area contributed by atoms with Crippen LogP contribution in [0.5, 0.6) is 0 Å². The molecule has 2 rings (SSSR count). The molecule has 11 atom stereocenters. The summed E-state index contributed by atoms with van der Waals surface area (Å²) in [6.07, 6.45) is 51.7. The van der Waals surface area contributed by atoms with Gasteiger partial charge in [-0.1, -0.05) is 201 Å². The molecule has 2 saturated heterocycles. The van der Waals surface area contributed by atoms with Gasteiger partial charge in [0.2, 0.25) is 0 Å². The third-order valence-electron chi connectivity index (χ3n) is 14.1. The van der Waals surface area contributed by atoms with Crippen molar-refractivity contribution in [2.45, 2.75) is 274 Å². The second-order valence-electron chi connectivity index (χ2n) is 21.1. The van der Waals surface area contributed by atoms with Gasteiger partial charge in [-0.15, -0.1) is 0 Å². The molecule has 11 unspecified atom stereocenters. The third kappa shape index (κ3) is 36.9. The molecule has 79 heavy (non-hydrogen) atoms. The highest BCUT2D eigenvalue weighted by Crippen LogP contribution is 2.27. The molecule has 454 valence electrons. The number of esters is 1. The summed E-state index contributed by atoms with van der Waals surface area (Å²) in [5, 5.41) is 72.5. The molecule has 14 heteroatoms. The Hall–Kier alpha value is -3.09. The Balaban J connectivity index is 1.72. The topological polar surface area (TPSA) is 214 Å². The molecule has 0 aromatic heterocycles. The smallest absolute Gasteiger partial charge is 0.306 e. The van der Waals surface area contributed by atoms with Crippen molar-refractivity contribution < 1.29 is 69.0 Å². The summed E-state index contributed by atoms with van der Waals surface area (Å²) in [4.78, 5) is 13.1. The lowest BCUT2D eigenvalue weighted by Crippen LogP contribution is -2.61. The van der Waals surface area contributed by atoms with E-state index in [0.717, 1.165) is 109 Å².